The molecule has 3 rings (SSSR count). The van der Waals surface area contributed by atoms with Gasteiger partial charge in [0.1, 0.15) is 5.02 Å². The molecule has 30 heavy (non-hydrogen) atoms. The normalized spacial score (nSPS) is 15.1. The van der Waals surface area contributed by atoms with E-state index in [0.29, 0.717) is 37.6 Å². The second kappa shape index (κ2) is 8.43. The van der Waals surface area contributed by atoms with Crippen LogP contribution in [0.4, 0.5) is 11.4 Å². The molecule has 1 aromatic carbocycles. The van der Waals surface area contributed by atoms with E-state index in [0.717, 1.165) is 11.1 Å². The van der Waals surface area contributed by atoms with Crippen molar-refractivity contribution in [3.63, 3.8) is 0 Å². The summed E-state index contributed by atoms with van der Waals surface area (Å²) in [6, 6.07) is 5.51. The van der Waals surface area contributed by atoms with E-state index < -0.39 is 15.9 Å². The van der Waals surface area contributed by atoms with Crippen LogP contribution < -0.4 is 10.5 Å². The molecule has 0 aliphatic carbocycles. The van der Waals surface area contributed by atoms with Crippen molar-refractivity contribution in [1.29, 1.82) is 0 Å². The molecule has 2 heterocycles. The van der Waals surface area contributed by atoms with Crippen LogP contribution in [0.3, 0.4) is 0 Å². The van der Waals surface area contributed by atoms with Gasteiger partial charge < -0.3 is 9.80 Å². The van der Waals surface area contributed by atoms with Gasteiger partial charge in [0.15, 0.2) is 0 Å². The lowest BCUT2D eigenvalue weighted by Gasteiger charge is -2.28. The molecule has 1 aromatic heterocycles. The molecule has 10 heteroatoms. The molecule has 0 N–H and O–H groups in total. The molecule has 0 spiro atoms. The van der Waals surface area contributed by atoms with Crippen molar-refractivity contribution >= 4 is 28.9 Å². The van der Waals surface area contributed by atoms with E-state index in [1.807, 2.05) is 30.6 Å². The molecule has 2 aromatic rings. The van der Waals surface area contributed by atoms with Gasteiger partial charge in [-0.05, 0) is 18.6 Å². The Balaban J connectivity index is 1.83. The maximum Gasteiger partial charge on any atom is 0.292 e. The van der Waals surface area contributed by atoms with E-state index in [9.17, 15) is 19.7 Å². The van der Waals surface area contributed by atoms with E-state index in [1.54, 1.807) is 0 Å². The summed E-state index contributed by atoms with van der Waals surface area (Å²) in [4.78, 5) is 39.5. The minimum absolute atomic E-state index is 0.0268. The molecule has 0 saturated carbocycles. The fourth-order valence-corrected chi connectivity index (χ4v) is 3.63. The Labute approximate surface area is 179 Å². The number of hydrogen-bond donors (Lipinski definition) is 0. The maximum absolute atomic E-state index is 12.8. The molecule has 0 bridgehead atoms. The summed E-state index contributed by atoms with van der Waals surface area (Å²) in [6.45, 7) is 8.08. The van der Waals surface area contributed by atoms with Gasteiger partial charge in [0, 0.05) is 43.7 Å². The van der Waals surface area contributed by atoms with E-state index in [2.05, 4.69) is 5.10 Å². The predicted octanol–water partition coefficient (Wildman–Crippen LogP) is 2.88. The van der Waals surface area contributed by atoms with Crippen molar-refractivity contribution in [1.82, 2.24) is 14.7 Å². The fraction of sp³-hybridized carbons (Fsp3) is 0.450. The first-order valence-electron chi connectivity index (χ1n) is 9.66. The lowest BCUT2D eigenvalue weighted by Crippen LogP contribution is -2.41. The van der Waals surface area contributed by atoms with Crippen molar-refractivity contribution in [2.24, 2.45) is 5.41 Å². The largest absolute Gasteiger partial charge is 0.367 e. The lowest BCUT2D eigenvalue weighted by atomic mass is 9.94. The highest BCUT2D eigenvalue weighted by molar-refractivity contribution is 6.33. The van der Waals surface area contributed by atoms with Crippen LogP contribution in [0, 0.1) is 15.5 Å². The van der Waals surface area contributed by atoms with Crippen LogP contribution in [-0.2, 0) is 4.79 Å². The number of hydrogen-bond acceptors (Lipinski definition) is 6. The molecule has 0 radical (unpaired) electrons. The standard InChI is InChI=1S/C20H24ClN5O4/c1-20(2,3)19(28)24-10-4-9-23(11-12-24)16-13-22-25(18(27)17(16)21)14-5-7-15(8-6-14)26(29)30/h5-8,13H,4,9-12H2,1-3H3. The Morgan fingerprint density at radius 3 is 2.40 bits per heavy atom. The molecule has 1 aliphatic heterocycles. The molecular weight excluding hydrogens is 410 g/mol. The summed E-state index contributed by atoms with van der Waals surface area (Å²) < 4.78 is 1.11. The van der Waals surface area contributed by atoms with Gasteiger partial charge in [-0.1, -0.05) is 32.4 Å². The number of aromatic nitrogens is 2. The van der Waals surface area contributed by atoms with Gasteiger partial charge in [0.25, 0.3) is 11.2 Å². The molecule has 1 aliphatic rings. The van der Waals surface area contributed by atoms with Crippen LogP contribution in [0.1, 0.15) is 27.2 Å². The number of anilines is 1. The molecule has 160 valence electrons. The van der Waals surface area contributed by atoms with Crippen LogP contribution in [0.5, 0.6) is 0 Å². The Hall–Kier alpha value is -2.94. The van der Waals surface area contributed by atoms with E-state index >= 15 is 0 Å². The average Bonchev–Trinajstić information content (AvgIpc) is 2.95. The summed E-state index contributed by atoms with van der Waals surface area (Å²) in [5.41, 5.74) is -0.121. The third-order valence-electron chi connectivity index (χ3n) is 4.97. The molecular formula is C20H24ClN5O4. The van der Waals surface area contributed by atoms with E-state index in [1.165, 1.54) is 30.5 Å². The first-order valence-corrected chi connectivity index (χ1v) is 10.0. The molecule has 9 nitrogen and oxygen atoms in total. The monoisotopic (exact) mass is 433 g/mol. The number of non-ortho nitro benzene ring substituents is 1. The first-order chi connectivity index (χ1) is 14.1. The Morgan fingerprint density at radius 1 is 1.13 bits per heavy atom. The molecule has 0 unspecified atom stereocenters. The Kier molecular flexibility index (Phi) is 6.12. The molecule has 1 fully saturated rings. The van der Waals surface area contributed by atoms with Gasteiger partial charge in [-0.25, -0.2) is 0 Å². The summed E-state index contributed by atoms with van der Waals surface area (Å²) >= 11 is 6.38. The van der Waals surface area contributed by atoms with E-state index in [4.69, 9.17) is 11.6 Å². The van der Waals surface area contributed by atoms with Crippen molar-refractivity contribution in [3.05, 3.63) is 56.0 Å². The highest BCUT2D eigenvalue weighted by Crippen LogP contribution is 2.25. The van der Waals surface area contributed by atoms with Crippen molar-refractivity contribution in [2.45, 2.75) is 27.2 Å². The zero-order chi connectivity index (χ0) is 22.1. The van der Waals surface area contributed by atoms with Crippen LogP contribution in [-0.4, -0.2) is 51.7 Å². The zero-order valence-corrected chi connectivity index (χ0v) is 17.9. The van der Waals surface area contributed by atoms with Gasteiger partial charge in [-0.2, -0.15) is 9.78 Å². The smallest absolute Gasteiger partial charge is 0.292 e. The fourth-order valence-electron chi connectivity index (χ4n) is 3.38. The number of nitrogens with zero attached hydrogens (tertiary/aromatic N) is 5. The quantitative estimate of drug-likeness (QED) is 0.544. The summed E-state index contributed by atoms with van der Waals surface area (Å²) in [6.07, 6.45) is 2.27. The Morgan fingerprint density at radius 2 is 1.80 bits per heavy atom. The SMILES string of the molecule is CC(C)(C)C(=O)N1CCCN(c2cnn(-c3ccc([N+](=O)[O-])cc3)c(=O)c2Cl)CC1. The topological polar surface area (TPSA) is 102 Å². The number of amides is 1. The second-order valence-electron chi connectivity index (χ2n) is 8.22. The van der Waals surface area contributed by atoms with Gasteiger partial charge >= 0.3 is 0 Å². The van der Waals surface area contributed by atoms with Gasteiger partial charge in [0.2, 0.25) is 5.91 Å². The number of halogens is 1. The third kappa shape index (κ3) is 4.46. The lowest BCUT2D eigenvalue weighted by molar-refractivity contribution is -0.384. The first kappa shape index (κ1) is 21.8. The Bertz CT molecular complexity index is 1010. The van der Waals surface area contributed by atoms with E-state index in [-0.39, 0.29) is 16.6 Å². The van der Waals surface area contributed by atoms with Crippen LogP contribution in [0.15, 0.2) is 35.3 Å². The maximum atomic E-state index is 12.8. The number of nitro benzene ring substituents is 1. The highest BCUT2D eigenvalue weighted by Gasteiger charge is 2.29. The number of carbonyl (C=O) groups excluding carboxylic acids is 1. The predicted molar refractivity (Wildman–Crippen MR) is 114 cm³/mol. The molecule has 0 atom stereocenters. The van der Waals surface area contributed by atoms with Crippen molar-refractivity contribution in [2.75, 3.05) is 31.1 Å². The van der Waals surface area contributed by atoms with Crippen molar-refractivity contribution < 1.29 is 9.72 Å². The number of carbonyl (C=O) groups is 1. The van der Waals surface area contributed by atoms with Crippen LogP contribution in [0.2, 0.25) is 5.02 Å². The summed E-state index contributed by atoms with van der Waals surface area (Å²) in [7, 11) is 0. The average molecular weight is 434 g/mol. The molecule has 1 amide bonds. The zero-order valence-electron chi connectivity index (χ0n) is 17.2. The van der Waals surface area contributed by atoms with Gasteiger partial charge in [-0.15, -0.1) is 0 Å². The molecule has 1 saturated heterocycles. The minimum atomic E-state index is -0.511. The number of nitro groups is 1. The summed E-state index contributed by atoms with van der Waals surface area (Å²) in [5, 5.41) is 15.0. The summed E-state index contributed by atoms with van der Waals surface area (Å²) in [5.74, 6) is 0.0992. The van der Waals surface area contributed by atoms with Crippen molar-refractivity contribution in [3.8, 4) is 5.69 Å². The third-order valence-corrected chi connectivity index (χ3v) is 5.33. The highest BCUT2D eigenvalue weighted by atomic mass is 35.5. The van der Waals surface area contributed by atoms with Gasteiger partial charge in [-0.3, -0.25) is 19.7 Å². The number of benzene rings is 1. The van der Waals surface area contributed by atoms with Crippen LogP contribution in [0.25, 0.3) is 5.69 Å². The second-order valence-corrected chi connectivity index (χ2v) is 8.60. The number of rotatable bonds is 3. The minimum Gasteiger partial charge on any atom is -0.367 e. The van der Waals surface area contributed by atoms with Gasteiger partial charge in [0.05, 0.1) is 22.5 Å². The van der Waals surface area contributed by atoms with Crippen LogP contribution >= 0.6 is 11.6 Å².